The van der Waals surface area contributed by atoms with Gasteiger partial charge in [-0.3, -0.25) is 9.10 Å². The lowest BCUT2D eigenvalue weighted by Crippen LogP contribution is -2.51. The molecule has 0 fully saturated rings. The van der Waals surface area contributed by atoms with Crippen LogP contribution in [0.15, 0.2) is 42.5 Å². The van der Waals surface area contributed by atoms with Crippen molar-refractivity contribution in [3.05, 3.63) is 48.0 Å². The molecule has 1 amide bonds. The van der Waals surface area contributed by atoms with Crippen molar-refractivity contribution < 1.29 is 27.4 Å². The SMILES string of the molecule is COc1cccc(OCCNC(=O)[C@H]2CN(S(C)(=O)=O)c3cc(C(C)(C)C)ccc3O2)c1. The molecule has 174 valence electrons. The van der Waals surface area contributed by atoms with Gasteiger partial charge >= 0.3 is 0 Å². The Morgan fingerprint density at radius 1 is 1.19 bits per heavy atom. The van der Waals surface area contributed by atoms with Gasteiger partial charge in [0.15, 0.2) is 6.10 Å². The minimum absolute atomic E-state index is 0.0952. The number of methoxy groups -OCH3 is 1. The van der Waals surface area contributed by atoms with Gasteiger partial charge in [0.2, 0.25) is 10.0 Å². The van der Waals surface area contributed by atoms with Crippen molar-refractivity contribution in [3.8, 4) is 17.2 Å². The zero-order valence-corrected chi connectivity index (χ0v) is 19.9. The zero-order chi connectivity index (χ0) is 23.5. The van der Waals surface area contributed by atoms with Gasteiger partial charge < -0.3 is 19.5 Å². The summed E-state index contributed by atoms with van der Waals surface area (Å²) >= 11 is 0. The van der Waals surface area contributed by atoms with Crippen molar-refractivity contribution in [3.63, 3.8) is 0 Å². The maximum Gasteiger partial charge on any atom is 0.263 e. The predicted molar refractivity (Wildman–Crippen MR) is 123 cm³/mol. The fourth-order valence-electron chi connectivity index (χ4n) is 3.32. The van der Waals surface area contributed by atoms with Gasteiger partial charge in [-0.05, 0) is 35.2 Å². The maximum atomic E-state index is 12.7. The molecule has 0 radical (unpaired) electrons. The van der Waals surface area contributed by atoms with Crippen LogP contribution >= 0.6 is 0 Å². The molecular formula is C23H30N2O6S. The summed E-state index contributed by atoms with van der Waals surface area (Å²) in [6.45, 7) is 6.53. The average Bonchev–Trinajstić information content (AvgIpc) is 2.74. The van der Waals surface area contributed by atoms with Gasteiger partial charge in [0.05, 0.1) is 32.1 Å². The first-order valence-corrected chi connectivity index (χ1v) is 12.2. The number of hydrogen-bond acceptors (Lipinski definition) is 6. The molecular weight excluding hydrogens is 432 g/mol. The molecule has 0 unspecified atom stereocenters. The van der Waals surface area contributed by atoms with Gasteiger partial charge in [0.25, 0.3) is 5.91 Å². The topological polar surface area (TPSA) is 94.2 Å². The first kappa shape index (κ1) is 23.7. The Kier molecular flexibility index (Phi) is 6.88. The summed E-state index contributed by atoms with van der Waals surface area (Å²) in [7, 11) is -2.02. The van der Waals surface area contributed by atoms with E-state index in [-0.39, 0.29) is 25.1 Å². The molecule has 0 saturated carbocycles. The van der Waals surface area contributed by atoms with Crippen LogP contribution in [-0.4, -0.2) is 53.5 Å². The second-order valence-corrected chi connectivity index (χ2v) is 10.6. The Morgan fingerprint density at radius 2 is 1.91 bits per heavy atom. The number of hydrogen-bond donors (Lipinski definition) is 1. The molecule has 1 heterocycles. The first-order valence-electron chi connectivity index (χ1n) is 10.3. The van der Waals surface area contributed by atoms with Gasteiger partial charge in [0, 0.05) is 6.07 Å². The standard InChI is InChI=1S/C23H30N2O6S/c1-23(2,3)16-9-10-20-19(13-16)25(32(5,27)28)15-21(31-20)22(26)24-11-12-30-18-8-6-7-17(14-18)29-4/h6-10,13-14,21H,11-12,15H2,1-5H3,(H,24,26)/t21-/m1/s1. The highest BCUT2D eigenvalue weighted by Gasteiger charge is 2.35. The largest absolute Gasteiger partial charge is 0.497 e. The molecule has 9 heteroatoms. The summed E-state index contributed by atoms with van der Waals surface area (Å²) in [5.74, 6) is 1.26. The number of carbonyl (C=O) groups is 1. The van der Waals surface area contributed by atoms with Crippen LogP contribution in [-0.2, 0) is 20.2 Å². The number of nitrogens with zero attached hydrogens (tertiary/aromatic N) is 1. The van der Waals surface area contributed by atoms with Crippen LogP contribution < -0.4 is 23.8 Å². The molecule has 0 bridgehead atoms. The molecule has 0 aliphatic carbocycles. The maximum absolute atomic E-state index is 12.7. The summed E-state index contributed by atoms with van der Waals surface area (Å²) in [5.41, 5.74) is 1.27. The number of fused-ring (bicyclic) bond motifs is 1. The lowest BCUT2D eigenvalue weighted by Gasteiger charge is -2.35. The summed E-state index contributed by atoms with van der Waals surface area (Å²) in [5, 5.41) is 2.75. The van der Waals surface area contributed by atoms with E-state index in [9.17, 15) is 13.2 Å². The van der Waals surface area contributed by atoms with E-state index in [1.54, 1.807) is 25.3 Å². The first-order chi connectivity index (χ1) is 15.0. The molecule has 2 aromatic carbocycles. The highest BCUT2D eigenvalue weighted by atomic mass is 32.2. The van der Waals surface area contributed by atoms with Crippen LogP contribution in [0.4, 0.5) is 5.69 Å². The highest BCUT2D eigenvalue weighted by molar-refractivity contribution is 7.92. The number of carbonyl (C=O) groups excluding carboxylic acids is 1. The van der Waals surface area contributed by atoms with Crippen molar-refractivity contribution in [1.82, 2.24) is 5.32 Å². The van der Waals surface area contributed by atoms with E-state index in [1.165, 1.54) is 4.31 Å². The number of amides is 1. The van der Waals surface area contributed by atoms with Gasteiger partial charge in [-0.15, -0.1) is 0 Å². The fraction of sp³-hybridized carbons (Fsp3) is 0.435. The van der Waals surface area contributed by atoms with E-state index in [4.69, 9.17) is 14.2 Å². The third-order valence-corrected chi connectivity index (χ3v) is 6.24. The highest BCUT2D eigenvalue weighted by Crippen LogP contribution is 2.38. The molecule has 1 N–H and O–H groups in total. The van der Waals surface area contributed by atoms with E-state index in [2.05, 4.69) is 5.32 Å². The van der Waals surface area contributed by atoms with Crippen molar-refractivity contribution in [2.75, 3.05) is 37.4 Å². The molecule has 8 nitrogen and oxygen atoms in total. The predicted octanol–water partition coefficient (Wildman–Crippen LogP) is 2.71. The summed E-state index contributed by atoms with van der Waals surface area (Å²) in [4.78, 5) is 12.7. The van der Waals surface area contributed by atoms with Crippen LogP contribution in [0.25, 0.3) is 0 Å². The third kappa shape index (κ3) is 5.64. The number of anilines is 1. The van der Waals surface area contributed by atoms with E-state index in [0.29, 0.717) is 22.9 Å². The lowest BCUT2D eigenvalue weighted by molar-refractivity contribution is -0.127. The van der Waals surface area contributed by atoms with Crippen LogP contribution in [0, 0.1) is 0 Å². The summed E-state index contributed by atoms with van der Waals surface area (Å²) < 4.78 is 42.8. The fourth-order valence-corrected chi connectivity index (χ4v) is 4.22. The number of ether oxygens (including phenoxy) is 3. The van der Waals surface area contributed by atoms with E-state index < -0.39 is 22.0 Å². The Bertz CT molecular complexity index is 1080. The van der Waals surface area contributed by atoms with Crippen LogP contribution in [0.1, 0.15) is 26.3 Å². The Hall–Kier alpha value is -2.94. The van der Waals surface area contributed by atoms with E-state index >= 15 is 0 Å². The van der Waals surface area contributed by atoms with E-state index in [0.717, 1.165) is 11.8 Å². The Morgan fingerprint density at radius 3 is 2.56 bits per heavy atom. The number of sulfonamides is 1. The Labute approximate surface area is 189 Å². The van der Waals surface area contributed by atoms with Crippen LogP contribution in [0.5, 0.6) is 17.2 Å². The monoisotopic (exact) mass is 462 g/mol. The average molecular weight is 463 g/mol. The lowest BCUT2D eigenvalue weighted by atomic mass is 9.86. The van der Waals surface area contributed by atoms with Crippen molar-refractivity contribution in [2.45, 2.75) is 32.3 Å². The quantitative estimate of drug-likeness (QED) is 0.636. The van der Waals surface area contributed by atoms with Gasteiger partial charge in [-0.2, -0.15) is 0 Å². The van der Waals surface area contributed by atoms with Crippen molar-refractivity contribution in [1.29, 1.82) is 0 Å². The van der Waals surface area contributed by atoms with Gasteiger partial charge in [-0.25, -0.2) is 8.42 Å². The van der Waals surface area contributed by atoms with Gasteiger partial charge in [0.1, 0.15) is 23.9 Å². The molecule has 0 aromatic heterocycles. The molecule has 1 atom stereocenters. The van der Waals surface area contributed by atoms with Crippen LogP contribution in [0.3, 0.4) is 0 Å². The van der Waals surface area contributed by atoms with Crippen LogP contribution in [0.2, 0.25) is 0 Å². The number of benzene rings is 2. The third-order valence-electron chi connectivity index (χ3n) is 5.10. The second kappa shape index (κ2) is 9.28. The summed E-state index contributed by atoms with van der Waals surface area (Å²) in [6, 6.07) is 12.6. The second-order valence-electron chi connectivity index (χ2n) is 8.65. The number of rotatable bonds is 7. The molecule has 0 saturated heterocycles. The Balaban J connectivity index is 1.66. The molecule has 3 rings (SSSR count). The minimum Gasteiger partial charge on any atom is -0.497 e. The molecule has 0 spiro atoms. The molecule has 1 aliphatic heterocycles. The molecule has 32 heavy (non-hydrogen) atoms. The summed E-state index contributed by atoms with van der Waals surface area (Å²) in [6.07, 6.45) is 0.164. The molecule has 2 aromatic rings. The smallest absolute Gasteiger partial charge is 0.263 e. The van der Waals surface area contributed by atoms with Gasteiger partial charge in [-0.1, -0.05) is 32.9 Å². The number of nitrogens with one attached hydrogen (secondary N) is 1. The molecule has 1 aliphatic rings. The zero-order valence-electron chi connectivity index (χ0n) is 19.0. The minimum atomic E-state index is -3.60. The van der Waals surface area contributed by atoms with Crippen molar-refractivity contribution in [2.24, 2.45) is 0 Å². The normalized spacial score (nSPS) is 16.0. The van der Waals surface area contributed by atoms with E-state index in [1.807, 2.05) is 45.0 Å². The van der Waals surface area contributed by atoms with Crippen molar-refractivity contribution >= 4 is 21.6 Å².